The highest BCUT2D eigenvalue weighted by Gasteiger charge is 2.07. The van der Waals surface area contributed by atoms with Crippen molar-refractivity contribution in [2.24, 2.45) is 10.9 Å². The van der Waals surface area contributed by atoms with Crippen LogP contribution in [-0.2, 0) is 0 Å². The summed E-state index contributed by atoms with van der Waals surface area (Å²) < 4.78 is 0. The molecular weight excluding hydrogens is 240 g/mol. The summed E-state index contributed by atoms with van der Waals surface area (Å²) in [7, 11) is 6.24. The number of hydrogen-bond acceptors (Lipinski definition) is 4. The summed E-state index contributed by atoms with van der Waals surface area (Å²) in [5.74, 6) is 0.152. The molecule has 5 nitrogen and oxygen atoms in total. The van der Waals surface area contributed by atoms with Gasteiger partial charge < -0.3 is 20.7 Å². The summed E-state index contributed by atoms with van der Waals surface area (Å²) in [4.78, 5) is 4.40. The van der Waals surface area contributed by atoms with Gasteiger partial charge in [-0.25, -0.2) is 0 Å². The fourth-order valence-electron chi connectivity index (χ4n) is 1.98. The molecule has 1 aromatic rings. The molecule has 0 saturated carbocycles. The first-order chi connectivity index (χ1) is 8.95. The van der Waals surface area contributed by atoms with E-state index in [1.54, 1.807) is 0 Å². The molecule has 0 fully saturated rings. The van der Waals surface area contributed by atoms with Crippen LogP contribution in [0.25, 0.3) is 0 Å². The molecule has 3 N–H and O–H groups in total. The van der Waals surface area contributed by atoms with E-state index in [1.807, 2.05) is 19.1 Å². The number of amidine groups is 1. The van der Waals surface area contributed by atoms with E-state index in [1.165, 1.54) is 0 Å². The smallest absolute Gasteiger partial charge is 0.170 e. The fraction of sp³-hybridized carbons (Fsp3) is 0.500. The van der Waals surface area contributed by atoms with Gasteiger partial charge in [-0.05, 0) is 57.7 Å². The minimum absolute atomic E-state index is 0.152. The Balaban J connectivity index is 2.72. The molecular formula is C14H24N4O. The van der Waals surface area contributed by atoms with Crippen LogP contribution in [0.2, 0.25) is 0 Å². The number of aryl methyl sites for hydroxylation is 1. The Kier molecular flexibility index (Phi) is 5.63. The average Bonchev–Trinajstić information content (AvgIpc) is 2.37. The topological polar surface area (TPSA) is 65.1 Å². The van der Waals surface area contributed by atoms with E-state index >= 15 is 0 Å². The second-order valence-corrected chi connectivity index (χ2v) is 5.06. The molecule has 0 bridgehead atoms. The second-order valence-electron chi connectivity index (χ2n) is 5.06. The zero-order chi connectivity index (χ0) is 14.4. The van der Waals surface area contributed by atoms with Crippen LogP contribution in [-0.4, -0.2) is 50.2 Å². The number of rotatable bonds is 6. The maximum absolute atomic E-state index is 8.71. The number of anilines is 1. The lowest BCUT2D eigenvalue weighted by Crippen LogP contribution is -2.23. The molecule has 1 rings (SSSR count). The number of nitrogens with zero attached hydrogens (tertiary/aromatic N) is 3. The van der Waals surface area contributed by atoms with Crippen LogP contribution in [0.15, 0.2) is 23.4 Å². The maximum atomic E-state index is 8.71. The zero-order valence-corrected chi connectivity index (χ0v) is 12.2. The van der Waals surface area contributed by atoms with Gasteiger partial charge in [0, 0.05) is 24.8 Å². The summed E-state index contributed by atoms with van der Waals surface area (Å²) in [5, 5.41) is 11.7. The quantitative estimate of drug-likeness (QED) is 0.353. The van der Waals surface area contributed by atoms with Gasteiger partial charge in [0.1, 0.15) is 0 Å². The molecule has 5 heteroatoms. The van der Waals surface area contributed by atoms with E-state index in [9.17, 15) is 0 Å². The zero-order valence-electron chi connectivity index (χ0n) is 12.2. The second kappa shape index (κ2) is 6.99. The number of nitrogens with two attached hydrogens (primary N) is 1. The van der Waals surface area contributed by atoms with Crippen molar-refractivity contribution in [1.29, 1.82) is 0 Å². The molecule has 0 amide bonds. The molecule has 0 atom stereocenters. The van der Waals surface area contributed by atoms with Crippen molar-refractivity contribution in [3.8, 4) is 0 Å². The lowest BCUT2D eigenvalue weighted by Gasteiger charge is -2.21. The van der Waals surface area contributed by atoms with Crippen molar-refractivity contribution in [2.75, 3.05) is 39.1 Å². The third-order valence-corrected chi connectivity index (χ3v) is 3.13. The lowest BCUT2D eigenvalue weighted by molar-refractivity contribution is 0.318. The molecule has 0 aromatic heterocycles. The minimum Gasteiger partial charge on any atom is -0.409 e. The number of oxime groups is 1. The number of hydrogen-bond donors (Lipinski definition) is 2. The van der Waals surface area contributed by atoms with E-state index in [2.05, 4.69) is 42.2 Å². The molecule has 0 aliphatic rings. The van der Waals surface area contributed by atoms with Gasteiger partial charge in [-0.2, -0.15) is 0 Å². The summed E-state index contributed by atoms with van der Waals surface area (Å²) >= 11 is 0. The molecule has 0 radical (unpaired) electrons. The highest BCUT2D eigenvalue weighted by molar-refractivity contribution is 5.98. The van der Waals surface area contributed by atoms with Gasteiger partial charge in [-0.3, -0.25) is 0 Å². The Hall–Kier alpha value is -1.75. The third-order valence-electron chi connectivity index (χ3n) is 3.13. The summed E-state index contributed by atoms with van der Waals surface area (Å²) in [6.07, 6.45) is 1.12. The van der Waals surface area contributed by atoms with E-state index in [0.717, 1.165) is 36.3 Å². The Morgan fingerprint density at radius 1 is 1.26 bits per heavy atom. The third kappa shape index (κ3) is 4.44. The van der Waals surface area contributed by atoms with Gasteiger partial charge in [-0.1, -0.05) is 5.16 Å². The van der Waals surface area contributed by atoms with Crippen molar-refractivity contribution in [3.63, 3.8) is 0 Å². The van der Waals surface area contributed by atoms with Crippen LogP contribution in [0.4, 0.5) is 5.69 Å². The first kappa shape index (κ1) is 15.3. The lowest BCUT2D eigenvalue weighted by atomic mass is 10.1. The van der Waals surface area contributed by atoms with Gasteiger partial charge >= 0.3 is 0 Å². The van der Waals surface area contributed by atoms with Gasteiger partial charge in [0.25, 0.3) is 0 Å². The maximum Gasteiger partial charge on any atom is 0.170 e. The largest absolute Gasteiger partial charge is 0.409 e. The van der Waals surface area contributed by atoms with Crippen molar-refractivity contribution in [2.45, 2.75) is 13.3 Å². The van der Waals surface area contributed by atoms with Crippen molar-refractivity contribution < 1.29 is 5.21 Å². The highest BCUT2D eigenvalue weighted by Crippen LogP contribution is 2.18. The predicted octanol–water partition coefficient (Wildman–Crippen LogP) is 1.48. The van der Waals surface area contributed by atoms with Crippen LogP contribution in [0.1, 0.15) is 17.5 Å². The SMILES string of the molecule is Cc1cc(N(C)CCCN(C)C)ccc1/C(N)=N/O. The Morgan fingerprint density at radius 2 is 1.95 bits per heavy atom. The Labute approximate surface area is 115 Å². The van der Waals surface area contributed by atoms with Crippen LogP contribution < -0.4 is 10.6 Å². The number of benzene rings is 1. The van der Waals surface area contributed by atoms with Gasteiger partial charge in [0.15, 0.2) is 5.84 Å². The van der Waals surface area contributed by atoms with Gasteiger partial charge in [-0.15, -0.1) is 0 Å². The molecule has 106 valence electrons. The summed E-state index contributed by atoms with van der Waals surface area (Å²) in [6, 6.07) is 5.95. The molecule has 0 spiro atoms. The average molecular weight is 264 g/mol. The van der Waals surface area contributed by atoms with Gasteiger partial charge in [0.2, 0.25) is 0 Å². The van der Waals surface area contributed by atoms with E-state index in [0.29, 0.717) is 0 Å². The van der Waals surface area contributed by atoms with Crippen molar-refractivity contribution >= 4 is 11.5 Å². The molecule has 0 saturated heterocycles. The van der Waals surface area contributed by atoms with E-state index in [4.69, 9.17) is 10.9 Å². The monoisotopic (exact) mass is 264 g/mol. The molecule has 0 heterocycles. The van der Waals surface area contributed by atoms with Crippen LogP contribution in [0, 0.1) is 6.92 Å². The summed E-state index contributed by atoms with van der Waals surface area (Å²) in [6.45, 7) is 4.04. The van der Waals surface area contributed by atoms with E-state index in [-0.39, 0.29) is 5.84 Å². The molecule has 0 unspecified atom stereocenters. The molecule has 0 aliphatic heterocycles. The molecule has 1 aromatic carbocycles. The Morgan fingerprint density at radius 3 is 2.47 bits per heavy atom. The Bertz CT molecular complexity index is 443. The minimum atomic E-state index is 0.152. The first-order valence-electron chi connectivity index (χ1n) is 6.40. The highest BCUT2D eigenvalue weighted by atomic mass is 16.4. The molecule has 0 aliphatic carbocycles. The molecule has 19 heavy (non-hydrogen) atoms. The standard InChI is InChI=1S/C14H24N4O/c1-11-10-12(6-7-13(11)14(15)16-19)18(4)9-5-8-17(2)3/h6-7,10,19H,5,8-9H2,1-4H3,(H2,15,16). The normalized spacial score (nSPS) is 11.9. The van der Waals surface area contributed by atoms with Crippen molar-refractivity contribution in [1.82, 2.24) is 4.90 Å². The van der Waals surface area contributed by atoms with Crippen molar-refractivity contribution in [3.05, 3.63) is 29.3 Å². The van der Waals surface area contributed by atoms with E-state index < -0.39 is 0 Å². The van der Waals surface area contributed by atoms with Gasteiger partial charge in [0.05, 0.1) is 0 Å². The summed E-state index contributed by atoms with van der Waals surface area (Å²) in [5.41, 5.74) is 8.54. The first-order valence-corrected chi connectivity index (χ1v) is 6.40. The van der Waals surface area contributed by atoms with Crippen LogP contribution in [0.5, 0.6) is 0 Å². The predicted molar refractivity (Wildman–Crippen MR) is 80.1 cm³/mol. The van der Waals surface area contributed by atoms with Crippen LogP contribution in [0.3, 0.4) is 0 Å². The van der Waals surface area contributed by atoms with Crippen LogP contribution >= 0.6 is 0 Å². The fourth-order valence-corrected chi connectivity index (χ4v) is 1.98.